The highest BCUT2D eigenvalue weighted by atomic mass is 32.3. The van der Waals surface area contributed by atoms with Crippen molar-refractivity contribution in [3.63, 3.8) is 0 Å². The van der Waals surface area contributed by atoms with E-state index in [1.54, 1.807) is 43.5 Å². The Hall–Kier alpha value is -0.740. The fraction of sp³-hybridized carbons (Fsp3) is 0.273. The molecule has 0 unspecified atom stereocenters. The first-order valence-electron chi connectivity index (χ1n) is 4.54. The summed E-state index contributed by atoms with van der Waals surface area (Å²) in [4.78, 5) is 0.357. The molecule has 0 saturated heterocycles. The summed E-state index contributed by atoms with van der Waals surface area (Å²) >= 11 is 1.25. The van der Waals surface area contributed by atoms with Crippen LogP contribution in [0.15, 0.2) is 39.5 Å². The quantitative estimate of drug-likeness (QED) is 0.817. The number of sulfone groups is 1. The number of allylic oxidation sites excluding steroid dienone is 1. The minimum absolute atomic E-state index is 0.357. The van der Waals surface area contributed by atoms with E-state index in [0.29, 0.717) is 9.13 Å². The van der Waals surface area contributed by atoms with Gasteiger partial charge in [-0.2, -0.15) is 0 Å². The summed E-state index contributed by atoms with van der Waals surface area (Å²) in [7, 11) is -3.29. The van der Waals surface area contributed by atoms with Gasteiger partial charge in [0.1, 0.15) is 0 Å². The van der Waals surface area contributed by atoms with E-state index in [2.05, 4.69) is 0 Å². The molecule has 0 radical (unpaired) electrons. The van der Waals surface area contributed by atoms with Gasteiger partial charge in [-0.3, -0.25) is 0 Å². The van der Waals surface area contributed by atoms with Crippen molar-refractivity contribution in [2.24, 2.45) is 0 Å². The van der Waals surface area contributed by atoms with Gasteiger partial charge < -0.3 is 0 Å². The molecule has 0 N–H and O–H groups in total. The predicted molar refractivity (Wildman–Crippen MR) is 65.6 cm³/mol. The minimum atomic E-state index is -3.29. The summed E-state index contributed by atoms with van der Waals surface area (Å²) in [5, 5.41) is 0. The molecule has 0 atom stereocenters. The Morgan fingerprint density at radius 3 is 2.20 bits per heavy atom. The van der Waals surface area contributed by atoms with Gasteiger partial charge in [-0.25, -0.2) is 8.42 Å². The largest absolute Gasteiger partial charge is 0.218 e. The highest BCUT2D eigenvalue weighted by Gasteiger charge is 2.18. The Labute approximate surface area is 95.3 Å². The predicted octanol–water partition coefficient (Wildman–Crippen LogP) is 2.99. The molecule has 0 aliphatic heterocycles. The Bertz CT molecular complexity index is 456. The molecule has 0 saturated carbocycles. The highest BCUT2D eigenvalue weighted by Crippen LogP contribution is 2.26. The molecule has 1 aromatic rings. The maximum atomic E-state index is 12.0. The third-order valence-electron chi connectivity index (χ3n) is 2.03. The first-order chi connectivity index (χ1) is 7.02. The third kappa shape index (κ3) is 2.63. The van der Waals surface area contributed by atoms with Gasteiger partial charge >= 0.3 is 0 Å². The lowest BCUT2D eigenvalue weighted by molar-refractivity contribution is 0.604. The van der Waals surface area contributed by atoms with Gasteiger partial charge in [0, 0.05) is 0 Å². The molecular formula is C11H14O2S2. The van der Waals surface area contributed by atoms with Crippen molar-refractivity contribution in [3.05, 3.63) is 40.1 Å². The molecule has 0 aromatic heterocycles. The number of benzene rings is 1. The van der Waals surface area contributed by atoms with Gasteiger partial charge in [-0.1, -0.05) is 23.8 Å². The SMILES string of the molecule is CC=C(SC)S(=O)(=O)c1ccc(C)cc1. The van der Waals surface area contributed by atoms with Crippen LogP contribution >= 0.6 is 11.8 Å². The molecule has 0 heterocycles. The van der Waals surface area contributed by atoms with E-state index in [4.69, 9.17) is 0 Å². The third-order valence-corrected chi connectivity index (χ3v) is 5.49. The molecule has 4 heteroatoms. The fourth-order valence-electron chi connectivity index (χ4n) is 1.22. The van der Waals surface area contributed by atoms with E-state index in [9.17, 15) is 8.42 Å². The van der Waals surface area contributed by atoms with Crippen molar-refractivity contribution in [3.8, 4) is 0 Å². The molecule has 1 rings (SSSR count). The zero-order chi connectivity index (χ0) is 11.5. The molecule has 0 aliphatic rings. The average Bonchev–Trinajstić information content (AvgIpc) is 2.19. The van der Waals surface area contributed by atoms with Gasteiger partial charge in [0.25, 0.3) is 0 Å². The maximum Gasteiger partial charge on any atom is 0.212 e. The first-order valence-corrected chi connectivity index (χ1v) is 7.25. The molecule has 0 aliphatic carbocycles. The van der Waals surface area contributed by atoms with E-state index in [1.807, 2.05) is 6.92 Å². The Morgan fingerprint density at radius 2 is 1.80 bits per heavy atom. The summed E-state index contributed by atoms with van der Waals surface area (Å²) in [6.45, 7) is 3.67. The van der Waals surface area contributed by atoms with Crippen molar-refractivity contribution in [2.45, 2.75) is 18.7 Å². The second-order valence-electron chi connectivity index (χ2n) is 3.13. The molecule has 2 nitrogen and oxygen atoms in total. The molecule has 0 amide bonds. The second kappa shape index (κ2) is 4.86. The van der Waals surface area contributed by atoms with Gasteiger partial charge in [0.2, 0.25) is 9.84 Å². The summed E-state index contributed by atoms with van der Waals surface area (Å²) in [6, 6.07) is 6.90. The number of hydrogen-bond acceptors (Lipinski definition) is 3. The van der Waals surface area contributed by atoms with Gasteiger partial charge in [-0.05, 0) is 32.2 Å². The van der Waals surface area contributed by atoms with Crippen LogP contribution in [0.3, 0.4) is 0 Å². The van der Waals surface area contributed by atoms with Crippen LogP contribution in [0.5, 0.6) is 0 Å². The molecule has 82 valence electrons. The van der Waals surface area contributed by atoms with Crippen molar-refractivity contribution in [1.29, 1.82) is 0 Å². The number of hydrogen-bond donors (Lipinski definition) is 0. The Morgan fingerprint density at radius 1 is 1.27 bits per heavy atom. The number of rotatable bonds is 3. The molecular weight excluding hydrogens is 228 g/mol. The monoisotopic (exact) mass is 242 g/mol. The lowest BCUT2D eigenvalue weighted by atomic mass is 10.2. The van der Waals surface area contributed by atoms with Gasteiger partial charge in [-0.15, -0.1) is 11.8 Å². The van der Waals surface area contributed by atoms with Gasteiger partial charge in [0.15, 0.2) is 0 Å². The van der Waals surface area contributed by atoms with Gasteiger partial charge in [0.05, 0.1) is 9.13 Å². The minimum Gasteiger partial charge on any atom is -0.218 e. The number of aryl methyl sites for hydroxylation is 1. The van der Waals surface area contributed by atoms with E-state index < -0.39 is 9.84 Å². The topological polar surface area (TPSA) is 34.1 Å². The van der Waals surface area contributed by atoms with Crippen molar-refractivity contribution in [1.82, 2.24) is 0 Å². The van der Waals surface area contributed by atoms with Crippen LogP contribution < -0.4 is 0 Å². The summed E-state index contributed by atoms with van der Waals surface area (Å²) < 4.78 is 24.4. The lowest BCUT2D eigenvalue weighted by Crippen LogP contribution is -2.01. The first kappa shape index (κ1) is 12.3. The smallest absolute Gasteiger partial charge is 0.212 e. The van der Waals surface area contributed by atoms with Crippen molar-refractivity contribution >= 4 is 21.6 Å². The molecule has 1 aromatic carbocycles. The van der Waals surface area contributed by atoms with Crippen molar-refractivity contribution in [2.75, 3.05) is 6.26 Å². The molecule has 0 bridgehead atoms. The zero-order valence-corrected chi connectivity index (χ0v) is 10.7. The average molecular weight is 242 g/mol. The maximum absolute atomic E-state index is 12.0. The summed E-state index contributed by atoms with van der Waals surface area (Å²) in [5.74, 6) is 0. The van der Waals surface area contributed by atoms with E-state index in [1.165, 1.54) is 11.8 Å². The highest BCUT2D eigenvalue weighted by molar-refractivity contribution is 8.18. The van der Waals surface area contributed by atoms with Crippen LogP contribution in [-0.4, -0.2) is 14.7 Å². The number of thioether (sulfide) groups is 1. The summed E-state index contributed by atoms with van der Waals surface area (Å²) in [6.07, 6.45) is 3.39. The lowest BCUT2D eigenvalue weighted by Gasteiger charge is -2.06. The van der Waals surface area contributed by atoms with Crippen molar-refractivity contribution < 1.29 is 8.42 Å². The van der Waals surface area contributed by atoms with Crippen LogP contribution in [0.4, 0.5) is 0 Å². The normalized spacial score (nSPS) is 12.9. The van der Waals surface area contributed by atoms with E-state index >= 15 is 0 Å². The van der Waals surface area contributed by atoms with Crippen LogP contribution in [0, 0.1) is 6.92 Å². The zero-order valence-electron chi connectivity index (χ0n) is 9.02. The standard InChI is InChI=1S/C11H14O2S2/c1-4-11(14-3)15(12,13)10-7-5-9(2)6-8-10/h4-8H,1-3H3. The second-order valence-corrected chi connectivity index (χ2v) is 6.15. The van der Waals surface area contributed by atoms with E-state index in [0.717, 1.165) is 5.56 Å². The molecule has 0 fully saturated rings. The van der Waals surface area contributed by atoms with Crippen LogP contribution in [0.25, 0.3) is 0 Å². The van der Waals surface area contributed by atoms with Crippen LogP contribution in [-0.2, 0) is 9.84 Å². The fourth-order valence-corrected chi connectivity index (χ4v) is 3.66. The Balaban J connectivity index is 3.23. The Kier molecular flexibility index (Phi) is 3.99. The van der Waals surface area contributed by atoms with Crippen LogP contribution in [0.1, 0.15) is 12.5 Å². The summed E-state index contributed by atoms with van der Waals surface area (Å²) in [5.41, 5.74) is 1.06. The molecule has 0 spiro atoms. The van der Waals surface area contributed by atoms with E-state index in [-0.39, 0.29) is 0 Å². The van der Waals surface area contributed by atoms with Crippen LogP contribution in [0.2, 0.25) is 0 Å². The molecule has 15 heavy (non-hydrogen) atoms.